The SMILES string of the molecule is CCCC(OC)c1noc(CC2(CN)CCCCC2)n1. The average molecular weight is 281 g/mol. The summed E-state index contributed by atoms with van der Waals surface area (Å²) in [5, 5.41) is 4.08. The third-order valence-electron chi connectivity index (χ3n) is 4.48. The summed E-state index contributed by atoms with van der Waals surface area (Å²) in [6, 6.07) is 0. The summed E-state index contributed by atoms with van der Waals surface area (Å²) < 4.78 is 10.8. The third kappa shape index (κ3) is 3.58. The zero-order valence-electron chi connectivity index (χ0n) is 12.7. The van der Waals surface area contributed by atoms with E-state index in [-0.39, 0.29) is 11.5 Å². The molecule has 1 aromatic rings. The van der Waals surface area contributed by atoms with Gasteiger partial charge in [-0.2, -0.15) is 4.98 Å². The molecule has 0 bridgehead atoms. The molecule has 5 heteroatoms. The molecule has 1 aliphatic rings. The molecule has 0 radical (unpaired) electrons. The number of ether oxygens (including phenoxy) is 1. The van der Waals surface area contributed by atoms with E-state index < -0.39 is 0 Å². The van der Waals surface area contributed by atoms with Gasteiger partial charge < -0.3 is 15.0 Å². The molecule has 20 heavy (non-hydrogen) atoms. The van der Waals surface area contributed by atoms with E-state index in [1.54, 1.807) is 7.11 Å². The van der Waals surface area contributed by atoms with E-state index in [4.69, 9.17) is 15.0 Å². The average Bonchev–Trinajstić information content (AvgIpc) is 2.93. The van der Waals surface area contributed by atoms with Gasteiger partial charge in [0.2, 0.25) is 11.7 Å². The van der Waals surface area contributed by atoms with Crippen molar-refractivity contribution in [3.8, 4) is 0 Å². The van der Waals surface area contributed by atoms with Crippen molar-refractivity contribution in [2.24, 2.45) is 11.1 Å². The molecule has 1 aromatic heterocycles. The number of nitrogens with zero attached hydrogens (tertiary/aromatic N) is 2. The van der Waals surface area contributed by atoms with Crippen LogP contribution >= 0.6 is 0 Å². The Morgan fingerprint density at radius 3 is 2.70 bits per heavy atom. The fourth-order valence-electron chi connectivity index (χ4n) is 3.16. The second-order valence-corrected chi connectivity index (χ2v) is 6.00. The Kier molecular flexibility index (Phi) is 5.54. The van der Waals surface area contributed by atoms with Crippen LogP contribution in [0, 0.1) is 5.41 Å². The van der Waals surface area contributed by atoms with E-state index in [1.165, 1.54) is 32.1 Å². The smallest absolute Gasteiger partial charge is 0.227 e. The van der Waals surface area contributed by atoms with Crippen molar-refractivity contribution in [1.29, 1.82) is 0 Å². The van der Waals surface area contributed by atoms with E-state index >= 15 is 0 Å². The number of methoxy groups -OCH3 is 1. The van der Waals surface area contributed by atoms with Gasteiger partial charge in [0.25, 0.3) is 0 Å². The normalized spacial score (nSPS) is 19.9. The molecule has 1 aliphatic carbocycles. The van der Waals surface area contributed by atoms with Gasteiger partial charge in [-0.05, 0) is 31.2 Å². The Bertz CT molecular complexity index is 400. The van der Waals surface area contributed by atoms with Gasteiger partial charge in [-0.1, -0.05) is 37.8 Å². The van der Waals surface area contributed by atoms with Crippen molar-refractivity contribution in [3.05, 3.63) is 11.7 Å². The van der Waals surface area contributed by atoms with Gasteiger partial charge in [-0.3, -0.25) is 0 Å². The molecule has 114 valence electrons. The summed E-state index contributed by atoms with van der Waals surface area (Å²) in [4.78, 5) is 4.53. The molecule has 1 fully saturated rings. The van der Waals surface area contributed by atoms with Crippen LogP contribution in [-0.2, 0) is 11.2 Å². The first kappa shape index (κ1) is 15.4. The molecule has 0 aromatic carbocycles. The van der Waals surface area contributed by atoms with Gasteiger partial charge in [0.1, 0.15) is 6.10 Å². The first-order valence-electron chi connectivity index (χ1n) is 7.78. The van der Waals surface area contributed by atoms with Crippen molar-refractivity contribution in [3.63, 3.8) is 0 Å². The fraction of sp³-hybridized carbons (Fsp3) is 0.867. The first-order valence-corrected chi connectivity index (χ1v) is 7.78. The lowest BCUT2D eigenvalue weighted by molar-refractivity contribution is 0.0854. The second-order valence-electron chi connectivity index (χ2n) is 6.00. The van der Waals surface area contributed by atoms with Gasteiger partial charge in [-0.15, -0.1) is 0 Å². The van der Waals surface area contributed by atoms with Crippen LogP contribution in [0.3, 0.4) is 0 Å². The summed E-state index contributed by atoms with van der Waals surface area (Å²) >= 11 is 0. The van der Waals surface area contributed by atoms with E-state index in [2.05, 4.69) is 17.1 Å². The Labute approximate surface area is 121 Å². The molecule has 2 N–H and O–H groups in total. The van der Waals surface area contributed by atoms with E-state index in [1.807, 2.05) is 0 Å². The van der Waals surface area contributed by atoms with Gasteiger partial charge >= 0.3 is 0 Å². The van der Waals surface area contributed by atoms with Gasteiger partial charge in [0, 0.05) is 13.5 Å². The molecule has 2 rings (SSSR count). The minimum absolute atomic E-state index is 0.0577. The van der Waals surface area contributed by atoms with Crippen LogP contribution in [-0.4, -0.2) is 23.8 Å². The van der Waals surface area contributed by atoms with Gasteiger partial charge in [0.05, 0.1) is 0 Å². The van der Waals surface area contributed by atoms with Crippen molar-refractivity contribution in [2.45, 2.75) is 64.4 Å². The zero-order chi connectivity index (χ0) is 14.4. The topological polar surface area (TPSA) is 74.2 Å². The Morgan fingerprint density at radius 2 is 2.10 bits per heavy atom. The van der Waals surface area contributed by atoms with E-state index in [0.717, 1.165) is 19.3 Å². The minimum atomic E-state index is -0.0577. The monoisotopic (exact) mass is 281 g/mol. The quantitative estimate of drug-likeness (QED) is 0.831. The highest BCUT2D eigenvalue weighted by molar-refractivity contribution is 4.97. The lowest BCUT2D eigenvalue weighted by Crippen LogP contribution is -2.35. The predicted molar refractivity (Wildman–Crippen MR) is 77.2 cm³/mol. The van der Waals surface area contributed by atoms with Gasteiger partial charge in [-0.25, -0.2) is 0 Å². The van der Waals surface area contributed by atoms with Crippen LogP contribution in [0.1, 0.15) is 69.7 Å². The second kappa shape index (κ2) is 7.18. The molecule has 0 amide bonds. The van der Waals surface area contributed by atoms with Crippen LogP contribution in [0.5, 0.6) is 0 Å². The molecule has 0 spiro atoms. The molecular weight excluding hydrogens is 254 g/mol. The maximum atomic E-state index is 6.01. The van der Waals surface area contributed by atoms with Crippen LogP contribution in [0.15, 0.2) is 4.52 Å². The van der Waals surface area contributed by atoms with Crippen LogP contribution in [0.25, 0.3) is 0 Å². The summed E-state index contributed by atoms with van der Waals surface area (Å²) in [6.45, 7) is 2.83. The largest absolute Gasteiger partial charge is 0.373 e. The summed E-state index contributed by atoms with van der Waals surface area (Å²) in [6.07, 6.45) is 8.87. The predicted octanol–water partition coefficient (Wildman–Crippen LogP) is 3.01. The first-order chi connectivity index (χ1) is 9.73. The maximum absolute atomic E-state index is 6.01. The minimum Gasteiger partial charge on any atom is -0.373 e. The molecule has 1 atom stereocenters. The molecule has 1 saturated carbocycles. The van der Waals surface area contributed by atoms with Crippen molar-refractivity contribution < 1.29 is 9.26 Å². The molecule has 1 unspecified atom stereocenters. The van der Waals surface area contributed by atoms with Crippen LogP contribution in [0.2, 0.25) is 0 Å². The van der Waals surface area contributed by atoms with Crippen molar-refractivity contribution in [2.75, 3.05) is 13.7 Å². The van der Waals surface area contributed by atoms with Crippen molar-refractivity contribution >= 4 is 0 Å². The van der Waals surface area contributed by atoms with Crippen molar-refractivity contribution in [1.82, 2.24) is 10.1 Å². The van der Waals surface area contributed by atoms with E-state index in [9.17, 15) is 0 Å². The van der Waals surface area contributed by atoms with Crippen LogP contribution in [0.4, 0.5) is 0 Å². The van der Waals surface area contributed by atoms with Crippen LogP contribution < -0.4 is 5.73 Å². The Hall–Kier alpha value is -0.940. The lowest BCUT2D eigenvalue weighted by Gasteiger charge is -2.34. The highest BCUT2D eigenvalue weighted by Crippen LogP contribution is 2.38. The summed E-state index contributed by atoms with van der Waals surface area (Å²) in [5.41, 5.74) is 6.17. The molecule has 5 nitrogen and oxygen atoms in total. The van der Waals surface area contributed by atoms with Gasteiger partial charge in [0.15, 0.2) is 0 Å². The molecule has 0 aliphatic heterocycles. The molecule has 1 heterocycles. The lowest BCUT2D eigenvalue weighted by atomic mass is 9.72. The number of hydrogen-bond acceptors (Lipinski definition) is 5. The maximum Gasteiger partial charge on any atom is 0.227 e. The van der Waals surface area contributed by atoms with E-state index in [0.29, 0.717) is 18.3 Å². The Balaban J connectivity index is 2.04. The number of aromatic nitrogens is 2. The number of rotatable bonds is 7. The Morgan fingerprint density at radius 1 is 1.35 bits per heavy atom. The zero-order valence-corrected chi connectivity index (χ0v) is 12.7. The highest BCUT2D eigenvalue weighted by atomic mass is 16.5. The third-order valence-corrected chi connectivity index (χ3v) is 4.48. The number of nitrogens with two attached hydrogens (primary N) is 1. The number of hydrogen-bond donors (Lipinski definition) is 1. The fourth-order valence-corrected chi connectivity index (χ4v) is 3.16. The highest BCUT2D eigenvalue weighted by Gasteiger charge is 2.33. The summed E-state index contributed by atoms with van der Waals surface area (Å²) in [5.74, 6) is 1.39. The standard InChI is InChI=1S/C15H27N3O2/c1-3-7-12(19-2)14-17-13(20-18-14)10-15(11-16)8-5-4-6-9-15/h12H,3-11,16H2,1-2H3. The summed E-state index contributed by atoms with van der Waals surface area (Å²) in [7, 11) is 1.69. The molecule has 0 saturated heterocycles. The molecular formula is C15H27N3O2.